The van der Waals surface area contributed by atoms with Gasteiger partial charge in [0.1, 0.15) is 11.4 Å². The summed E-state index contributed by atoms with van der Waals surface area (Å²) >= 11 is 0. The molecule has 0 unspecified atom stereocenters. The standard InChI is InChI=1S/C29H21FN2O/c30-23-17-15-20(16-18-23)26-27(21-9-3-1-4-10-21)31-32(24-12-5-2-6-13-24)29(26)19-22-11-7-8-14-25(22)28(29)33/h1-18,26H,19H2/t26-,29-/m1/s1. The first-order valence-electron chi connectivity index (χ1n) is 11.1. The van der Waals surface area contributed by atoms with Gasteiger partial charge in [-0.2, -0.15) is 5.10 Å². The van der Waals surface area contributed by atoms with E-state index in [0.29, 0.717) is 6.42 Å². The maximum Gasteiger partial charge on any atom is 0.192 e. The highest BCUT2D eigenvalue weighted by Gasteiger charge is 2.61. The Morgan fingerprint density at radius 2 is 1.42 bits per heavy atom. The van der Waals surface area contributed by atoms with Crippen molar-refractivity contribution in [3.63, 3.8) is 0 Å². The van der Waals surface area contributed by atoms with Gasteiger partial charge in [0.15, 0.2) is 5.78 Å². The third-order valence-electron chi connectivity index (χ3n) is 6.73. The van der Waals surface area contributed by atoms with Gasteiger partial charge in [-0.15, -0.1) is 0 Å². The molecule has 4 heteroatoms. The summed E-state index contributed by atoms with van der Waals surface area (Å²) in [5, 5.41) is 7.02. The molecule has 6 rings (SSSR count). The number of hydrogen-bond acceptors (Lipinski definition) is 3. The highest BCUT2D eigenvalue weighted by Crippen LogP contribution is 2.51. The quantitative estimate of drug-likeness (QED) is 0.397. The Labute approximate surface area is 191 Å². The molecule has 33 heavy (non-hydrogen) atoms. The molecular formula is C29H21FN2O. The number of ketones is 1. The van der Waals surface area contributed by atoms with Gasteiger partial charge in [0.2, 0.25) is 0 Å². The van der Waals surface area contributed by atoms with Crippen LogP contribution in [0.2, 0.25) is 0 Å². The number of fused-ring (bicyclic) bond motifs is 1. The normalized spacial score (nSPS) is 21.4. The number of rotatable bonds is 3. The minimum absolute atomic E-state index is 0.0472. The molecule has 1 spiro atoms. The van der Waals surface area contributed by atoms with E-state index < -0.39 is 5.54 Å². The van der Waals surface area contributed by atoms with E-state index in [1.807, 2.05) is 89.9 Å². The highest BCUT2D eigenvalue weighted by molar-refractivity contribution is 6.19. The molecule has 0 amide bonds. The van der Waals surface area contributed by atoms with Gasteiger partial charge in [-0.1, -0.05) is 84.9 Å². The van der Waals surface area contributed by atoms with E-state index in [0.717, 1.165) is 33.7 Å². The van der Waals surface area contributed by atoms with Crippen molar-refractivity contribution >= 4 is 17.2 Å². The number of benzene rings is 4. The highest BCUT2D eigenvalue weighted by atomic mass is 19.1. The number of Topliss-reactive ketones (excluding diaryl/α,β-unsaturated/α-hetero) is 1. The smallest absolute Gasteiger partial charge is 0.192 e. The molecular weight excluding hydrogens is 411 g/mol. The van der Waals surface area contributed by atoms with E-state index in [1.165, 1.54) is 12.1 Å². The predicted octanol–water partition coefficient (Wildman–Crippen LogP) is 6.01. The molecule has 0 aromatic heterocycles. The second kappa shape index (κ2) is 7.52. The molecule has 160 valence electrons. The van der Waals surface area contributed by atoms with Crippen molar-refractivity contribution in [3.8, 4) is 0 Å². The van der Waals surface area contributed by atoms with Crippen LogP contribution in [0.3, 0.4) is 0 Å². The third-order valence-corrected chi connectivity index (χ3v) is 6.73. The molecule has 1 heterocycles. The van der Waals surface area contributed by atoms with E-state index >= 15 is 0 Å². The summed E-state index contributed by atoms with van der Waals surface area (Å²) in [6.07, 6.45) is 0.527. The number of halogens is 1. The number of nitrogens with zero attached hydrogens (tertiary/aromatic N) is 2. The van der Waals surface area contributed by atoms with Crippen LogP contribution in [0.1, 0.15) is 33.0 Å². The van der Waals surface area contributed by atoms with Crippen LogP contribution in [0.4, 0.5) is 10.1 Å². The van der Waals surface area contributed by atoms with Crippen molar-refractivity contribution in [3.05, 3.63) is 137 Å². The molecule has 1 aliphatic carbocycles. The summed E-state index contributed by atoms with van der Waals surface area (Å²) in [7, 11) is 0. The van der Waals surface area contributed by atoms with Crippen LogP contribution in [0.5, 0.6) is 0 Å². The second-order valence-corrected chi connectivity index (χ2v) is 8.57. The van der Waals surface area contributed by atoms with Gasteiger partial charge < -0.3 is 0 Å². The third kappa shape index (κ3) is 2.94. The van der Waals surface area contributed by atoms with Crippen LogP contribution in [-0.4, -0.2) is 17.0 Å². The fraction of sp³-hybridized carbons (Fsp3) is 0.103. The molecule has 0 saturated carbocycles. The summed E-state index contributed by atoms with van der Waals surface area (Å²) in [5.41, 5.74) is 4.28. The first-order chi connectivity index (χ1) is 16.2. The topological polar surface area (TPSA) is 32.7 Å². The monoisotopic (exact) mass is 432 g/mol. The van der Waals surface area contributed by atoms with E-state index in [1.54, 1.807) is 12.1 Å². The van der Waals surface area contributed by atoms with E-state index in [-0.39, 0.29) is 17.5 Å². The maximum atomic E-state index is 14.2. The summed E-state index contributed by atoms with van der Waals surface area (Å²) in [4.78, 5) is 14.2. The Bertz CT molecular complexity index is 1370. The average Bonchev–Trinajstić information content (AvgIpc) is 3.36. The van der Waals surface area contributed by atoms with Crippen LogP contribution in [0.15, 0.2) is 114 Å². The molecule has 4 aromatic rings. The molecule has 0 saturated heterocycles. The lowest BCUT2D eigenvalue weighted by atomic mass is 9.72. The van der Waals surface area contributed by atoms with E-state index in [4.69, 9.17) is 5.10 Å². The van der Waals surface area contributed by atoms with Crippen LogP contribution in [0.25, 0.3) is 0 Å². The molecule has 2 atom stereocenters. The average molecular weight is 432 g/mol. The van der Waals surface area contributed by atoms with Crippen LogP contribution in [0, 0.1) is 5.82 Å². The number of carbonyl (C=O) groups is 1. The molecule has 0 N–H and O–H groups in total. The number of para-hydroxylation sites is 1. The van der Waals surface area contributed by atoms with Gasteiger partial charge >= 0.3 is 0 Å². The summed E-state index contributed by atoms with van der Waals surface area (Å²) < 4.78 is 13.9. The van der Waals surface area contributed by atoms with Crippen molar-refractivity contribution in [2.75, 3.05) is 5.01 Å². The van der Waals surface area contributed by atoms with Gasteiger partial charge in [0.25, 0.3) is 0 Å². The Morgan fingerprint density at radius 1 is 0.788 bits per heavy atom. The molecule has 2 aliphatic rings. The van der Waals surface area contributed by atoms with Crippen LogP contribution < -0.4 is 5.01 Å². The Hall–Kier alpha value is -4.05. The largest absolute Gasteiger partial charge is 0.291 e. The Morgan fingerprint density at radius 3 is 2.12 bits per heavy atom. The van der Waals surface area contributed by atoms with Gasteiger partial charge in [0.05, 0.1) is 17.3 Å². The zero-order valence-electron chi connectivity index (χ0n) is 17.9. The summed E-state index contributed by atoms with van der Waals surface area (Å²) in [5.74, 6) is -0.614. The van der Waals surface area contributed by atoms with Crippen molar-refractivity contribution in [1.82, 2.24) is 0 Å². The van der Waals surface area contributed by atoms with Gasteiger partial charge in [-0.05, 0) is 41.0 Å². The second-order valence-electron chi connectivity index (χ2n) is 8.57. The fourth-order valence-corrected chi connectivity index (χ4v) is 5.29. The number of carbonyl (C=O) groups excluding carboxylic acids is 1. The lowest BCUT2D eigenvalue weighted by molar-refractivity contribution is 0.0899. The molecule has 3 nitrogen and oxygen atoms in total. The molecule has 1 aliphatic heterocycles. The SMILES string of the molecule is O=C1c2ccccc2C[C@@]12[C@H](c1ccc(F)cc1)C(c1ccccc1)=NN2c1ccccc1. The number of anilines is 1. The minimum Gasteiger partial charge on any atom is -0.291 e. The van der Waals surface area contributed by atoms with Crippen LogP contribution >= 0.6 is 0 Å². The predicted molar refractivity (Wildman–Crippen MR) is 128 cm³/mol. The Balaban J connectivity index is 1.63. The van der Waals surface area contributed by atoms with E-state index in [2.05, 4.69) is 0 Å². The molecule has 0 bridgehead atoms. The fourth-order valence-electron chi connectivity index (χ4n) is 5.29. The van der Waals surface area contributed by atoms with E-state index in [9.17, 15) is 9.18 Å². The minimum atomic E-state index is -0.964. The summed E-state index contributed by atoms with van der Waals surface area (Å²) in [6, 6.07) is 34.1. The van der Waals surface area contributed by atoms with Crippen molar-refractivity contribution in [1.29, 1.82) is 0 Å². The number of hydrazone groups is 1. The van der Waals surface area contributed by atoms with Crippen molar-refractivity contribution in [2.24, 2.45) is 5.10 Å². The molecule has 0 fully saturated rings. The first kappa shape index (κ1) is 19.6. The molecule has 0 radical (unpaired) electrons. The van der Waals surface area contributed by atoms with Crippen molar-refractivity contribution in [2.45, 2.75) is 17.9 Å². The first-order valence-corrected chi connectivity index (χ1v) is 11.1. The van der Waals surface area contributed by atoms with Gasteiger partial charge in [-0.25, -0.2) is 9.40 Å². The van der Waals surface area contributed by atoms with Crippen LogP contribution in [-0.2, 0) is 6.42 Å². The lowest BCUT2D eigenvalue weighted by Gasteiger charge is -2.37. The zero-order chi connectivity index (χ0) is 22.4. The summed E-state index contributed by atoms with van der Waals surface area (Å²) in [6.45, 7) is 0. The van der Waals surface area contributed by atoms with Gasteiger partial charge in [0, 0.05) is 12.0 Å². The van der Waals surface area contributed by atoms with Gasteiger partial charge in [-0.3, -0.25) is 4.79 Å². The van der Waals surface area contributed by atoms with Crippen molar-refractivity contribution < 1.29 is 9.18 Å². The lowest BCUT2D eigenvalue weighted by Crippen LogP contribution is -2.53. The number of hydrogen-bond donors (Lipinski definition) is 0. The maximum absolute atomic E-state index is 14.2. The molecule has 4 aromatic carbocycles. The Kier molecular flexibility index (Phi) is 4.47. The zero-order valence-corrected chi connectivity index (χ0v) is 17.9.